The van der Waals surface area contributed by atoms with E-state index in [1.165, 1.54) is 12.8 Å². The molecule has 4 rings (SSSR count). The van der Waals surface area contributed by atoms with Crippen LogP contribution in [0.1, 0.15) is 37.5 Å². The van der Waals surface area contributed by atoms with Crippen LogP contribution >= 0.6 is 0 Å². The van der Waals surface area contributed by atoms with Crippen molar-refractivity contribution in [3.63, 3.8) is 0 Å². The smallest absolute Gasteiger partial charge is 0.168 e. The first kappa shape index (κ1) is 13.6. The van der Waals surface area contributed by atoms with Gasteiger partial charge in [-0.3, -0.25) is 9.88 Å². The van der Waals surface area contributed by atoms with Crippen LogP contribution in [-0.2, 0) is 14.2 Å². The van der Waals surface area contributed by atoms with E-state index in [0.29, 0.717) is 6.61 Å². The first-order valence-corrected chi connectivity index (χ1v) is 7.92. The fourth-order valence-corrected chi connectivity index (χ4v) is 3.66. The SMILES string of the molecule is c1cncc(C2OCCN2CC2COC3(CCCC3)O2)c1. The van der Waals surface area contributed by atoms with Crippen molar-refractivity contribution in [2.75, 3.05) is 26.3 Å². The molecule has 2 atom stereocenters. The van der Waals surface area contributed by atoms with Crippen LogP contribution in [0, 0.1) is 0 Å². The van der Waals surface area contributed by atoms with Crippen molar-refractivity contribution in [2.24, 2.45) is 0 Å². The summed E-state index contributed by atoms with van der Waals surface area (Å²) in [4.78, 5) is 6.52. The van der Waals surface area contributed by atoms with Crippen LogP contribution < -0.4 is 0 Å². The molecule has 114 valence electrons. The standard InChI is InChI=1S/C16H22N2O3/c1-2-6-16(5-1)20-12-14(21-16)11-18-8-9-19-15(18)13-4-3-7-17-10-13/h3-4,7,10,14-15H,1-2,5-6,8-9,11-12H2. The molecule has 21 heavy (non-hydrogen) atoms. The van der Waals surface area contributed by atoms with Gasteiger partial charge in [0.1, 0.15) is 6.23 Å². The predicted molar refractivity (Wildman–Crippen MR) is 76.5 cm³/mol. The third kappa shape index (κ3) is 2.71. The minimum atomic E-state index is -0.269. The van der Waals surface area contributed by atoms with Crippen molar-refractivity contribution in [3.05, 3.63) is 30.1 Å². The monoisotopic (exact) mass is 290 g/mol. The van der Waals surface area contributed by atoms with Gasteiger partial charge in [0.15, 0.2) is 5.79 Å². The molecule has 1 saturated carbocycles. The van der Waals surface area contributed by atoms with Gasteiger partial charge in [0.05, 0.1) is 19.3 Å². The average molecular weight is 290 g/mol. The molecule has 3 heterocycles. The molecule has 0 N–H and O–H groups in total. The summed E-state index contributed by atoms with van der Waals surface area (Å²) in [7, 11) is 0. The van der Waals surface area contributed by atoms with E-state index in [1.807, 2.05) is 12.3 Å². The van der Waals surface area contributed by atoms with Gasteiger partial charge in [-0.2, -0.15) is 0 Å². The molecule has 5 nitrogen and oxygen atoms in total. The summed E-state index contributed by atoms with van der Waals surface area (Å²) in [5.74, 6) is -0.269. The van der Waals surface area contributed by atoms with Crippen LogP contribution in [0.3, 0.4) is 0 Å². The Hall–Kier alpha value is -1.01. The zero-order valence-electron chi connectivity index (χ0n) is 12.2. The molecule has 2 aliphatic heterocycles. The Balaban J connectivity index is 1.40. The van der Waals surface area contributed by atoms with E-state index in [0.717, 1.165) is 38.1 Å². The Kier molecular flexibility index (Phi) is 3.67. The van der Waals surface area contributed by atoms with Crippen molar-refractivity contribution in [3.8, 4) is 0 Å². The topological polar surface area (TPSA) is 43.8 Å². The van der Waals surface area contributed by atoms with Gasteiger partial charge in [-0.05, 0) is 18.9 Å². The van der Waals surface area contributed by atoms with Crippen molar-refractivity contribution in [1.29, 1.82) is 0 Å². The van der Waals surface area contributed by atoms with Crippen LogP contribution in [0.2, 0.25) is 0 Å². The van der Waals surface area contributed by atoms with Gasteiger partial charge in [0.25, 0.3) is 0 Å². The maximum absolute atomic E-state index is 6.22. The Morgan fingerprint density at radius 3 is 3.05 bits per heavy atom. The van der Waals surface area contributed by atoms with E-state index in [4.69, 9.17) is 14.2 Å². The molecule has 3 aliphatic rings. The van der Waals surface area contributed by atoms with Crippen molar-refractivity contribution in [2.45, 2.75) is 43.8 Å². The number of nitrogens with zero attached hydrogens (tertiary/aromatic N) is 2. The van der Waals surface area contributed by atoms with Gasteiger partial charge in [-0.1, -0.05) is 6.07 Å². The second-order valence-corrected chi connectivity index (χ2v) is 6.17. The highest BCUT2D eigenvalue weighted by Crippen LogP contribution is 2.40. The number of pyridine rings is 1. The lowest BCUT2D eigenvalue weighted by atomic mass is 10.2. The van der Waals surface area contributed by atoms with E-state index in [-0.39, 0.29) is 18.1 Å². The van der Waals surface area contributed by atoms with E-state index in [9.17, 15) is 0 Å². The Labute approximate surface area is 125 Å². The zero-order chi connectivity index (χ0) is 14.1. The van der Waals surface area contributed by atoms with Gasteiger partial charge in [-0.15, -0.1) is 0 Å². The lowest BCUT2D eigenvalue weighted by Gasteiger charge is -2.26. The number of hydrogen-bond donors (Lipinski definition) is 0. The Morgan fingerprint density at radius 1 is 1.33 bits per heavy atom. The summed E-state index contributed by atoms with van der Waals surface area (Å²) in [5, 5.41) is 0. The highest BCUT2D eigenvalue weighted by atomic mass is 16.7. The molecule has 1 aromatic rings. The van der Waals surface area contributed by atoms with Gasteiger partial charge in [0, 0.05) is 43.9 Å². The predicted octanol–water partition coefficient (Wildman–Crippen LogP) is 2.10. The first-order valence-electron chi connectivity index (χ1n) is 7.92. The van der Waals surface area contributed by atoms with Crippen LogP contribution in [-0.4, -0.2) is 48.1 Å². The van der Waals surface area contributed by atoms with Gasteiger partial charge < -0.3 is 14.2 Å². The summed E-state index contributed by atoms with van der Waals surface area (Å²) in [6.07, 6.45) is 8.37. The van der Waals surface area contributed by atoms with E-state index < -0.39 is 0 Å². The highest BCUT2D eigenvalue weighted by molar-refractivity contribution is 5.12. The summed E-state index contributed by atoms with van der Waals surface area (Å²) >= 11 is 0. The highest BCUT2D eigenvalue weighted by Gasteiger charge is 2.44. The molecule has 0 radical (unpaired) electrons. The van der Waals surface area contributed by atoms with E-state index in [2.05, 4.69) is 16.0 Å². The maximum atomic E-state index is 6.22. The molecular formula is C16H22N2O3. The molecule has 2 unspecified atom stereocenters. The molecule has 1 spiro atoms. The molecule has 0 aromatic carbocycles. The summed E-state index contributed by atoms with van der Waals surface area (Å²) in [6.45, 7) is 3.27. The number of rotatable bonds is 3. The number of aromatic nitrogens is 1. The van der Waals surface area contributed by atoms with Crippen LogP contribution in [0.25, 0.3) is 0 Å². The van der Waals surface area contributed by atoms with Crippen molar-refractivity contribution in [1.82, 2.24) is 9.88 Å². The minimum absolute atomic E-state index is 0.00225. The Morgan fingerprint density at radius 2 is 2.24 bits per heavy atom. The maximum Gasteiger partial charge on any atom is 0.168 e. The number of ether oxygens (including phenoxy) is 3. The first-order chi connectivity index (χ1) is 10.3. The van der Waals surface area contributed by atoms with Gasteiger partial charge in [0.2, 0.25) is 0 Å². The van der Waals surface area contributed by atoms with Crippen molar-refractivity contribution < 1.29 is 14.2 Å². The summed E-state index contributed by atoms with van der Waals surface area (Å²) in [6, 6.07) is 4.03. The second-order valence-electron chi connectivity index (χ2n) is 6.17. The molecule has 5 heteroatoms. The van der Waals surface area contributed by atoms with Gasteiger partial charge in [-0.25, -0.2) is 0 Å². The minimum Gasteiger partial charge on any atom is -0.357 e. The third-order valence-electron chi connectivity index (χ3n) is 4.67. The fourth-order valence-electron chi connectivity index (χ4n) is 3.66. The summed E-state index contributed by atoms with van der Waals surface area (Å²) in [5.41, 5.74) is 1.12. The van der Waals surface area contributed by atoms with Crippen LogP contribution in [0.5, 0.6) is 0 Å². The zero-order valence-corrected chi connectivity index (χ0v) is 12.2. The molecule has 2 saturated heterocycles. The van der Waals surface area contributed by atoms with Crippen LogP contribution in [0.4, 0.5) is 0 Å². The van der Waals surface area contributed by atoms with E-state index >= 15 is 0 Å². The normalized spacial score (nSPS) is 32.2. The fraction of sp³-hybridized carbons (Fsp3) is 0.688. The third-order valence-corrected chi connectivity index (χ3v) is 4.67. The largest absolute Gasteiger partial charge is 0.357 e. The Bertz CT molecular complexity index is 476. The number of hydrogen-bond acceptors (Lipinski definition) is 5. The second kappa shape index (κ2) is 5.65. The molecule has 3 fully saturated rings. The summed E-state index contributed by atoms with van der Waals surface area (Å²) < 4.78 is 18.1. The molecule has 1 aromatic heterocycles. The van der Waals surface area contributed by atoms with Gasteiger partial charge >= 0.3 is 0 Å². The van der Waals surface area contributed by atoms with Crippen molar-refractivity contribution >= 4 is 0 Å². The lowest BCUT2D eigenvalue weighted by molar-refractivity contribution is -0.164. The molecule has 0 amide bonds. The quantitative estimate of drug-likeness (QED) is 0.853. The molecular weight excluding hydrogens is 268 g/mol. The average Bonchev–Trinajstić information content (AvgIpc) is 3.24. The van der Waals surface area contributed by atoms with Crippen LogP contribution in [0.15, 0.2) is 24.5 Å². The molecule has 1 aliphatic carbocycles. The molecule has 0 bridgehead atoms. The van der Waals surface area contributed by atoms with E-state index in [1.54, 1.807) is 6.20 Å². The lowest BCUT2D eigenvalue weighted by Crippen LogP contribution is -2.35.